The number of non-ortho nitro benzene ring substituents is 1. The van der Waals surface area contributed by atoms with Crippen LogP contribution in [0.3, 0.4) is 0 Å². The van der Waals surface area contributed by atoms with Crippen LogP contribution in [0.1, 0.15) is 0 Å². The maximum absolute atomic E-state index is 12.6. The van der Waals surface area contributed by atoms with Crippen molar-refractivity contribution in [2.45, 2.75) is 14.3 Å². The maximum atomic E-state index is 12.6. The largest absolute Gasteiger partial charge is 0.301 e. The van der Waals surface area contributed by atoms with Crippen molar-refractivity contribution in [2.24, 2.45) is 7.05 Å². The van der Waals surface area contributed by atoms with Gasteiger partial charge < -0.3 is 5.32 Å². The van der Waals surface area contributed by atoms with Crippen LogP contribution in [0.4, 0.5) is 10.8 Å². The van der Waals surface area contributed by atoms with Gasteiger partial charge in [-0.1, -0.05) is 23.1 Å². The molecule has 0 aliphatic heterocycles. The molecule has 0 aliphatic rings. The number of aryl methyl sites for hydroxylation is 1. The number of nitro benzene ring substituents is 1. The van der Waals surface area contributed by atoms with E-state index in [1.807, 2.05) is 0 Å². The number of carbonyl (C=O) groups is 1. The molecule has 1 N–H and O–H groups in total. The van der Waals surface area contributed by atoms with E-state index >= 15 is 0 Å². The molecule has 0 spiro atoms. The molecule has 1 aromatic carbocycles. The van der Waals surface area contributed by atoms with Crippen LogP contribution in [0.25, 0.3) is 0 Å². The van der Waals surface area contributed by atoms with Crippen LogP contribution in [-0.4, -0.2) is 50.2 Å². The normalized spacial score (nSPS) is 11.3. The average molecular weight is 441 g/mol. The van der Waals surface area contributed by atoms with E-state index in [9.17, 15) is 23.3 Å². The highest BCUT2D eigenvalue weighted by molar-refractivity contribution is 7.99. The number of hydrogen-bond acceptors (Lipinski definition) is 11. The molecule has 0 unspecified atom stereocenters. The summed E-state index contributed by atoms with van der Waals surface area (Å²) in [5, 5.41) is 24.6. The summed E-state index contributed by atoms with van der Waals surface area (Å²) in [7, 11) is -2.27. The van der Waals surface area contributed by atoms with E-state index in [1.54, 1.807) is 7.05 Å². The smallest absolute Gasteiger partial charge is 0.269 e. The lowest BCUT2D eigenvalue weighted by Crippen LogP contribution is -2.14. The third-order valence-corrected chi connectivity index (χ3v) is 7.42. The second-order valence-corrected chi connectivity index (χ2v) is 9.31. The summed E-state index contributed by atoms with van der Waals surface area (Å²) in [5.41, 5.74) is -0.216. The van der Waals surface area contributed by atoms with E-state index in [1.165, 1.54) is 4.68 Å². The molecule has 0 saturated carbocycles. The Bertz CT molecular complexity index is 1120. The van der Waals surface area contributed by atoms with Crippen molar-refractivity contribution in [2.75, 3.05) is 11.1 Å². The number of aromatic nitrogens is 5. The number of nitro groups is 1. The molecule has 146 valence electrons. The Morgan fingerprint density at radius 1 is 1.36 bits per heavy atom. The van der Waals surface area contributed by atoms with Gasteiger partial charge in [0.15, 0.2) is 5.13 Å². The highest BCUT2D eigenvalue weighted by atomic mass is 32.2. The fraction of sp³-hybridized carbons (Fsp3) is 0.154. The predicted molar refractivity (Wildman–Crippen MR) is 98.8 cm³/mol. The van der Waals surface area contributed by atoms with Crippen LogP contribution in [0.5, 0.6) is 0 Å². The number of rotatable bonds is 7. The van der Waals surface area contributed by atoms with Crippen LogP contribution < -0.4 is 5.32 Å². The average Bonchev–Trinajstić information content (AvgIpc) is 3.29. The minimum atomic E-state index is -3.90. The first kappa shape index (κ1) is 19.8. The number of nitrogens with zero attached hydrogens (tertiary/aromatic N) is 6. The number of nitrogens with one attached hydrogen (secondary N) is 1. The fourth-order valence-electron chi connectivity index (χ4n) is 1.93. The first-order valence-electron chi connectivity index (χ1n) is 7.38. The predicted octanol–water partition coefficient (Wildman–Crippen LogP) is 1.14. The number of sulfone groups is 1. The summed E-state index contributed by atoms with van der Waals surface area (Å²) in [5.74, 6) is -0.389. The minimum absolute atomic E-state index is 0.0121. The van der Waals surface area contributed by atoms with Crippen molar-refractivity contribution in [3.8, 4) is 0 Å². The van der Waals surface area contributed by atoms with E-state index in [0.29, 0.717) is 5.16 Å². The van der Waals surface area contributed by atoms with Gasteiger partial charge in [-0.05, 0) is 22.6 Å². The molecule has 0 fully saturated rings. The standard InChI is InChI=1S/C13H11N7O5S3/c1-19-13(16-17-18-19)26-7-10(21)15-12-14-6-11(27-12)28(24,25)9-4-2-8(3-5-9)20(22)23/h2-6H,7H2,1H3,(H,14,15,21). The number of carbonyl (C=O) groups excluding carboxylic acids is 1. The van der Waals surface area contributed by atoms with E-state index in [4.69, 9.17) is 0 Å². The Morgan fingerprint density at radius 2 is 2.07 bits per heavy atom. The summed E-state index contributed by atoms with van der Waals surface area (Å²) in [6, 6.07) is 4.51. The lowest BCUT2D eigenvalue weighted by atomic mass is 10.3. The molecular weight excluding hydrogens is 430 g/mol. The first-order chi connectivity index (χ1) is 13.3. The lowest BCUT2D eigenvalue weighted by molar-refractivity contribution is -0.384. The van der Waals surface area contributed by atoms with Gasteiger partial charge in [-0.2, -0.15) is 0 Å². The Balaban J connectivity index is 1.67. The molecule has 0 saturated heterocycles. The van der Waals surface area contributed by atoms with E-state index in [-0.39, 0.29) is 25.7 Å². The van der Waals surface area contributed by atoms with Gasteiger partial charge in [0.05, 0.1) is 21.8 Å². The topological polar surface area (TPSA) is 163 Å². The van der Waals surface area contributed by atoms with Gasteiger partial charge in [-0.3, -0.25) is 14.9 Å². The van der Waals surface area contributed by atoms with Gasteiger partial charge in [0, 0.05) is 19.2 Å². The van der Waals surface area contributed by atoms with Gasteiger partial charge in [-0.25, -0.2) is 18.1 Å². The molecular formula is C13H11N7O5S3. The van der Waals surface area contributed by atoms with E-state index in [0.717, 1.165) is 53.6 Å². The number of amides is 1. The van der Waals surface area contributed by atoms with E-state index < -0.39 is 20.7 Å². The van der Waals surface area contributed by atoms with Crippen molar-refractivity contribution in [3.05, 3.63) is 40.6 Å². The summed E-state index contributed by atoms with van der Waals surface area (Å²) in [6.07, 6.45) is 1.12. The summed E-state index contributed by atoms with van der Waals surface area (Å²) in [6.45, 7) is 0. The fourth-order valence-corrected chi connectivity index (χ4v) is 5.03. The van der Waals surface area contributed by atoms with Crippen LogP contribution in [-0.2, 0) is 21.7 Å². The SMILES string of the molecule is Cn1nnnc1SCC(=O)Nc1ncc(S(=O)(=O)c2ccc([N+](=O)[O-])cc2)s1. The zero-order chi connectivity index (χ0) is 20.3. The molecule has 15 heteroatoms. The van der Waals surface area contributed by atoms with Crippen molar-refractivity contribution < 1.29 is 18.1 Å². The number of hydrogen-bond donors (Lipinski definition) is 1. The summed E-state index contributed by atoms with van der Waals surface area (Å²) >= 11 is 1.89. The molecule has 0 atom stereocenters. The van der Waals surface area contributed by atoms with Crippen LogP contribution in [0.2, 0.25) is 0 Å². The molecule has 28 heavy (non-hydrogen) atoms. The minimum Gasteiger partial charge on any atom is -0.301 e. The Labute approximate surface area is 166 Å². The zero-order valence-electron chi connectivity index (χ0n) is 14.0. The second-order valence-electron chi connectivity index (χ2n) is 5.16. The van der Waals surface area contributed by atoms with E-state index in [2.05, 4.69) is 25.8 Å². The molecule has 2 heterocycles. The van der Waals surface area contributed by atoms with Gasteiger partial charge in [0.2, 0.25) is 20.9 Å². The van der Waals surface area contributed by atoms with Gasteiger partial charge in [0.1, 0.15) is 4.21 Å². The van der Waals surface area contributed by atoms with Crippen LogP contribution >= 0.6 is 23.1 Å². The van der Waals surface area contributed by atoms with Crippen molar-refractivity contribution in [3.63, 3.8) is 0 Å². The van der Waals surface area contributed by atoms with Gasteiger partial charge in [-0.15, -0.1) is 5.10 Å². The molecule has 2 aromatic heterocycles. The monoisotopic (exact) mass is 441 g/mol. The summed E-state index contributed by atoms with van der Waals surface area (Å²) < 4.78 is 26.5. The highest BCUT2D eigenvalue weighted by Crippen LogP contribution is 2.29. The lowest BCUT2D eigenvalue weighted by Gasteiger charge is -2.01. The Morgan fingerprint density at radius 3 is 2.68 bits per heavy atom. The van der Waals surface area contributed by atoms with Crippen molar-refractivity contribution in [1.29, 1.82) is 0 Å². The Kier molecular flexibility index (Phi) is 5.66. The third kappa shape index (κ3) is 4.32. The van der Waals surface area contributed by atoms with Crippen molar-refractivity contribution >= 4 is 49.7 Å². The van der Waals surface area contributed by atoms with Gasteiger partial charge >= 0.3 is 0 Å². The summed E-state index contributed by atoms with van der Waals surface area (Å²) in [4.78, 5) is 25.8. The Hall–Kier alpha value is -2.91. The van der Waals surface area contributed by atoms with Gasteiger partial charge in [0.25, 0.3) is 5.69 Å². The zero-order valence-corrected chi connectivity index (χ0v) is 16.5. The second kappa shape index (κ2) is 7.99. The molecule has 1 amide bonds. The molecule has 12 nitrogen and oxygen atoms in total. The number of anilines is 1. The number of benzene rings is 1. The number of tetrazole rings is 1. The molecule has 0 bridgehead atoms. The highest BCUT2D eigenvalue weighted by Gasteiger charge is 2.22. The van der Waals surface area contributed by atoms with Crippen LogP contribution in [0, 0.1) is 10.1 Å². The number of thioether (sulfide) groups is 1. The molecule has 3 rings (SSSR count). The van der Waals surface area contributed by atoms with Crippen LogP contribution in [0.15, 0.2) is 44.7 Å². The molecule has 0 aliphatic carbocycles. The third-order valence-electron chi connectivity index (χ3n) is 3.27. The maximum Gasteiger partial charge on any atom is 0.269 e. The molecule has 3 aromatic rings. The first-order valence-corrected chi connectivity index (χ1v) is 10.7. The molecule has 0 radical (unpaired) electrons. The number of thiazole rings is 1. The van der Waals surface area contributed by atoms with Crippen molar-refractivity contribution in [1.82, 2.24) is 25.2 Å². The quantitative estimate of drug-likeness (QED) is 0.319.